The standard InChI is InChI=1S/C26H29ClIN5S/c1-15-9-12-32(13-10-15)21-8-7-18(14-19(21)27)33-25(22-16(2)30-17(3)23(22)28)24(31-26(33)34)20-6-4-5-11-29-20/h4-8,11,14-15,24-25,30H,9-10,12-13H2,1-3H3,(H,31,34)/t24-,25+/m1/s1. The molecule has 4 heterocycles. The molecule has 0 spiro atoms. The number of aromatic amines is 1. The topological polar surface area (TPSA) is 47.2 Å². The lowest BCUT2D eigenvalue weighted by Gasteiger charge is -2.33. The molecule has 1 aromatic carbocycles. The maximum absolute atomic E-state index is 6.89. The van der Waals surface area contributed by atoms with Gasteiger partial charge in [0.15, 0.2) is 5.11 Å². The van der Waals surface area contributed by atoms with E-state index in [1.54, 1.807) is 0 Å². The fourth-order valence-electron chi connectivity index (χ4n) is 5.20. The number of nitrogens with zero attached hydrogens (tertiary/aromatic N) is 3. The van der Waals surface area contributed by atoms with E-state index in [1.807, 2.05) is 18.3 Å². The molecule has 2 fully saturated rings. The highest BCUT2D eigenvalue weighted by Gasteiger charge is 2.43. The van der Waals surface area contributed by atoms with Crippen LogP contribution in [-0.2, 0) is 0 Å². The Morgan fingerprint density at radius 2 is 1.88 bits per heavy atom. The van der Waals surface area contributed by atoms with Crippen LogP contribution in [0.4, 0.5) is 11.4 Å². The van der Waals surface area contributed by atoms with Gasteiger partial charge in [-0.3, -0.25) is 4.98 Å². The van der Waals surface area contributed by atoms with Crippen molar-refractivity contribution >= 4 is 62.9 Å². The average molecular weight is 606 g/mol. The summed E-state index contributed by atoms with van der Waals surface area (Å²) in [4.78, 5) is 12.8. The first-order valence-electron chi connectivity index (χ1n) is 11.7. The SMILES string of the molecule is Cc1[nH]c(C)c([C@H]2[C@@H](c3ccccn3)NC(=S)N2c2ccc(N3CCC(C)CC3)c(Cl)c2)c1I. The summed E-state index contributed by atoms with van der Waals surface area (Å²) in [7, 11) is 0. The van der Waals surface area contributed by atoms with E-state index in [0.29, 0.717) is 5.11 Å². The van der Waals surface area contributed by atoms with Gasteiger partial charge in [0.2, 0.25) is 0 Å². The Labute approximate surface area is 225 Å². The van der Waals surface area contributed by atoms with Crippen molar-refractivity contribution in [3.63, 3.8) is 0 Å². The van der Waals surface area contributed by atoms with Crippen LogP contribution in [-0.4, -0.2) is 28.2 Å². The average Bonchev–Trinajstić information content (AvgIpc) is 3.29. The molecule has 2 atom stereocenters. The summed E-state index contributed by atoms with van der Waals surface area (Å²) in [6.45, 7) is 8.67. The Balaban J connectivity index is 1.56. The van der Waals surface area contributed by atoms with E-state index in [0.717, 1.165) is 46.8 Å². The molecular formula is C26H29ClIN5S. The minimum absolute atomic E-state index is 0.0444. The largest absolute Gasteiger partial charge is 0.370 e. The lowest BCUT2D eigenvalue weighted by Crippen LogP contribution is -2.33. The summed E-state index contributed by atoms with van der Waals surface area (Å²) >= 11 is 15.2. The third-order valence-electron chi connectivity index (χ3n) is 7.07. The molecule has 0 amide bonds. The van der Waals surface area contributed by atoms with Crippen LogP contribution in [0.5, 0.6) is 0 Å². The first kappa shape index (κ1) is 23.9. The molecule has 5 rings (SSSR count). The summed E-state index contributed by atoms with van der Waals surface area (Å²) < 4.78 is 1.22. The third kappa shape index (κ3) is 4.31. The van der Waals surface area contributed by atoms with Gasteiger partial charge >= 0.3 is 0 Å². The molecule has 34 heavy (non-hydrogen) atoms. The number of halogens is 2. The summed E-state index contributed by atoms with van der Waals surface area (Å²) in [5, 5.41) is 5.01. The van der Waals surface area contributed by atoms with Crippen LogP contribution in [0, 0.1) is 23.3 Å². The third-order valence-corrected chi connectivity index (χ3v) is 9.08. The predicted molar refractivity (Wildman–Crippen MR) is 153 cm³/mol. The van der Waals surface area contributed by atoms with Crippen LogP contribution in [0.3, 0.4) is 0 Å². The molecule has 2 aromatic heterocycles. The van der Waals surface area contributed by atoms with Gasteiger partial charge in [0.1, 0.15) is 0 Å². The zero-order chi connectivity index (χ0) is 24.0. The number of anilines is 2. The monoisotopic (exact) mass is 605 g/mol. The second-order valence-electron chi connectivity index (χ2n) is 9.40. The van der Waals surface area contributed by atoms with Gasteiger partial charge in [-0.2, -0.15) is 0 Å². The highest BCUT2D eigenvalue weighted by molar-refractivity contribution is 14.1. The summed E-state index contributed by atoms with van der Waals surface area (Å²) in [6.07, 6.45) is 4.25. The van der Waals surface area contributed by atoms with Crippen molar-refractivity contribution in [2.45, 2.75) is 45.7 Å². The molecule has 0 aliphatic carbocycles. The lowest BCUT2D eigenvalue weighted by atomic mass is 9.96. The summed E-state index contributed by atoms with van der Waals surface area (Å²) in [5.74, 6) is 0.780. The van der Waals surface area contributed by atoms with Crippen molar-refractivity contribution in [3.8, 4) is 0 Å². The number of hydrogen-bond acceptors (Lipinski definition) is 3. The van der Waals surface area contributed by atoms with E-state index in [1.165, 1.54) is 27.7 Å². The minimum atomic E-state index is -0.0712. The zero-order valence-electron chi connectivity index (χ0n) is 19.6. The van der Waals surface area contributed by atoms with Crippen LogP contribution in [0.15, 0.2) is 42.6 Å². The van der Waals surface area contributed by atoms with Gasteiger partial charge in [-0.1, -0.05) is 24.6 Å². The number of rotatable bonds is 4. The van der Waals surface area contributed by atoms with E-state index < -0.39 is 0 Å². The van der Waals surface area contributed by atoms with Gasteiger partial charge in [0, 0.05) is 45.5 Å². The molecular weight excluding hydrogens is 577 g/mol. The van der Waals surface area contributed by atoms with E-state index >= 15 is 0 Å². The molecule has 2 aliphatic rings. The molecule has 8 heteroatoms. The quantitative estimate of drug-likeness (QED) is 0.256. The number of aromatic nitrogens is 2. The fourth-order valence-corrected chi connectivity index (χ4v) is 6.70. The minimum Gasteiger partial charge on any atom is -0.370 e. The molecule has 0 saturated carbocycles. The molecule has 2 N–H and O–H groups in total. The van der Waals surface area contributed by atoms with Crippen molar-refractivity contribution in [2.75, 3.05) is 22.9 Å². The first-order chi connectivity index (χ1) is 16.3. The fraction of sp³-hybridized carbons (Fsp3) is 0.385. The molecule has 0 bridgehead atoms. The van der Waals surface area contributed by atoms with Crippen LogP contribution in [0.25, 0.3) is 0 Å². The van der Waals surface area contributed by atoms with E-state index in [4.69, 9.17) is 23.8 Å². The Morgan fingerprint density at radius 1 is 1.12 bits per heavy atom. The molecule has 178 valence electrons. The van der Waals surface area contributed by atoms with Gasteiger partial charge < -0.3 is 20.1 Å². The van der Waals surface area contributed by atoms with Crippen molar-refractivity contribution in [3.05, 3.63) is 73.8 Å². The predicted octanol–water partition coefficient (Wildman–Crippen LogP) is 6.70. The summed E-state index contributed by atoms with van der Waals surface area (Å²) in [6, 6.07) is 12.3. The number of H-pyrrole nitrogens is 1. The van der Waals surface area contributed by atoms with Crippen molar-refractivity contribution in [1.29, 1.82) is 0 Å². The lowest BCUT2D eigenvalue weighted by molar-refractivity contribution is 0.438. The highest BCUT2D eigenvalue weighted by atomic mass is 127. The molecule has 2 saturated heterocycles. The number of thiocarbonyl (C=S) groups is 1. The molecule has 0 unspecified atom stereocenters. The Morgan fingerprint density at radius 3 is 2.50 bits per heavy atom. The maximum atomic E-state index is 6.89. The van der Waals surface area contributed by atoms with Gasteiger partial charge in [0.05, 0.1) is 28.5 Å². The van der Waals surface area contributed by atoms with Gasteiger partial charge in [0.25, 0.3) is 0 Å². The molecule has 0 radical (unpaired) electrons. The van der Waals surface area contributed by atoms with E-state index in [9.17, 15) is 0 Å². The number of pyridine rings is 1. The van der Waals surface area contributed by atoms with E-state index in [2.05, 4.69) is 92.7 Å². The molecule has 5 nitrogen and oxygen atoms in total. The maximum Gasteiger partial charge on any atom is 0.174 e. The Hall–Kier alpha value is -1.84. The van der Waals surface area contributed by atoms with Gasteiger partial charge in [-0.25, -0.2) is 0 Å². The van der Waals surface area contributed by atoms with Gasteiger partial charge in [-0.15, -0.1) is 0 Å². The van der Waals surface area contributed by atoms with Gasteiger partial charge in [-0.05, 0) is 97.7 Å². The second-order valence-corrected chi connectivity index (χ2v) is 11.3. The van der Waals surface area contributed by atoms with Crippen LogP contribution >= 0.6 is 46.4 Å². The van der Waals surface area contributed by atoms with Crippen LogP contribution in [0.2, 0.25) is 5.02 Å². The number of benzene rings is 1. The second kappa shape index (κ2) is 9.66. The zero-order valence-corrected chi connectivity index (χ0v) is 23.3. The summed E-state index contributed by atoms with van der Waals surface area (Å²) in [5.41, 5.74) is 6.63. The van der Waals surface area contributed by atoms with Crippen molar-refractivity contribution < 1.29 is 0 Å². The Kier molecular flexibility index (Phi) is 6.79. The van der Waals surface area contributed by atoms with Crippen LogP contribution < -0.4 is 15.1 Å². The smallest absolute Gasteiger partial charge is 0.174 e. The number of nitrogens with one attached hydrogen (secondary N) is 2. The number of aryl methyl sites for hydroxylation is 2. The van der Waals surface area contributed by atoms with Crippen LogP contribution in [0.1, 0.15) is 54.5 Å². The van der Waals surface area contributed by atoms with Crippen molar-refractivity contribution in [1.82, 2.24) is 15.3 Å². The number of hydrogen-bond donors (Lipinski definition) is 2. The Bertz CT molecular complexity index is 1210. The highest BCUT2D eigenvalue weighted by Crippen LogP contribution is 2.45. The first-order valence-corrected chi connectivity index (χ1v) is 13.6. The molecule has 3 aromatic rings. The normalized spacial score (nSPS) is 21.3. The van der Waals surface area contributed by atoms with E-state index in [-0.39, 0.29) is 12.1 Å². The number of piperidine rings is 1. The van der Waals surface area contributed by atoms with Crippen molar-refractivity contribution in [2.24, 2.45) is 5.92 Å². The molecule has 2 aliphatic heterocycles.